The van der Waals surface area contributed by atoms with Crippen molar-refractivity contribution in [1.82, 2.24) is 19.5 Å². The Morgan fingerprint density at radius 3 is 3.00 bits per heavy atom. The molecule has 3 N–H and O–H groups in total. The van der Waals surface area contributed by atoms with Gasteiger partial charge < -0.3 is 15.4 Å². The predicted octanol–water partition coefficient (Wildman–Crippen LogP) is 0.817. The number of imidazole rings is 1. The number of rotatable bonds is 5. The number of fused-ring (bicyclic) bond motifs is 1. The molecule has 0 unspecified atom stereocenters. The highest BCUT2D eigenvalue weighted by Gasteiger charge is 2.10. The Labute approximate surface area is 99.5 Å². The van der Waals surface area contributed by atoms with Gasteiger partial charge in [0.25, 0.3) is 0 Å². The van der Waals surface area contributed by atoms with Crippen LogP contribution in [0.3, 0.4) is 0 Å². The van der Waals surface area contributed by atoms with E-state index in [0.717, 1.165) is 30.6 Å². The molecule has 0 saturated heterocycles. The van der Waals surface area contributed by atoms with E-state index in [1.165, 1.54) is 0 Å². The average Bonchev–Trinajstić information content (AvgIpc) is 2.71. The van der Waals surface area contributed by atoms with Gasteiger partial charge in [0, 0.05) is 13.2 Å². The van der Waals surface area contributed by atoms with Crippen LogP contribution in [-0.2, 0) is 6.54 Å². The minimum absolute atomic E-state index is 0.211. The summed E-state index contributed by atoms with van der Waals surface area (Å²) in [6.07, 6.45) is 5.18. The average molecular weight is 235 g/mol. The summed E-state index contributed by atoms with van der Waals surface area (Å²) in [5.41, 5.74) is 7.08. The van der Waals surface area contributed by atoms with E-state index in [0.29, 0.717) is 5.92 Å². The molecule has 0 amide bonds. The summed E-state index contributed by atoms with van der Waals surface area (Å²) in [6, 6.07) is 0. The zero-order valence-corrected chi connectivity index (χ0v) is 9.87. The molecule has 0 aliphatic heterocycles. The van der Waals surface area contributed by atoms with E-state index in [1.54, 1.807) is 12.5 Å². The summed E-state index contributed by atoms with van der Waals surface area (Å²) in [5, 5.41) is 8.98. The van der Waals surface area contributed by atoms with Crippen LogP contribution in [0, 0.1) is 5.92 Å². The van der Waals surface area contributed by atoms with E-state index in [4.69, 9.17) is 10.8 Å². The fraction of sp³-hybridized carbons (Fsp3) is 0.545. The van der Waals surface area contributed by atoms with Crippen molar-refractivity contribution >= 4 is 17.1 Å². The Kier molecular flexibility index (Phi) is 3.53. The van der Waals surface area contributed by atoms with E-state index in [-0.39, 0.29) is 12.6 Å². The van der Waals surface area contributed by atoms with Gasteiger partial charge in [0.1, 0.15) is 5.52 Å². The van der Waals surface area contributed by atoms with Gasteiger partial charge in [-0.1, -0.05) is 13.3 Å². The number of nitrogens with two attached hydrogens (primary N) is 1. The largest absolute Gasteiger partial charge is 0.396 e. The Bertz CT molecular complexity index is 496. The minimum Gasteiger partial charge on any atom is -0.396 e. The zero-order chi connectivity index (χ0) is 12.3. The van der Waals surface area contributed by atoms with Crippen molar-refractivity contribution in [1.29, 1.82) is 0 Å². The quantitative estimate of drug-likeness (QED) is 0.800. The van der Waals surface area contributed by atoms with Crippen LogP contribution in [0.5, 0.6) is 0 Å². The van der Waals surface area contributed by atoms with E-state index >= 15 is 0 Å². The molecule has 0 spiro atoms. The molecule has 0 aliphatic rings. The molecule has 2 aromatic heterocycles. The van der Waals surface area contributed by atoms with Crippen molar-refractivity contribution in [2.75, 3.05) is 12.3 Å². The minimum atomic E-state index is 0.211. The van der Waals surface area contributed by atoms with E-state index in [1.807, 2.05) is 4.57 Å². The SMILES string of the molecule is CC[C@H](CCO)Cn1cnc2cnc(N)nc21. The monoisotopic (exact) mass is 235 g/mol. The van der Waals surface area contributed by atoms with Crippen LogP contribution >= 0.6 is 0 Å². The molecule has 17 heavy (non-hydrogen) atoms. The summed E-state index contributed by atoms with van der Waals surface area (Å²) in [6.45, 7) is 3.12. The van der Waals surface area contributed by atoms with E-state index in [2.05, 4.69) is 21.9 Å². The number of aliphatic hydroxyl groups is 1. The highest BCUT2D eigenvalue weighted by molar-refractivity contribution is 5.70. The van der Waals surface area contributed by atoms with E-state index in [9.17, 15) is 0 Å². The van der Waals surface area contributed by atoms with E-state index < -0.39 is 0 Å². The molecule has 0 bridgehead atoms. The summed E-state index contributed by atoms with van der Waals surface area (Å²) in [7, 11) is 0. The smallest absolute Gasteiger partial charge is 0.222 e. The fourth-order valence-electron chi connectivity index (χ4n) is 1.89. The second kappa shape index (κ2) is 5.09. The van der Waals surface area contributed by atoms with Gasteiger partial charge in [0.2, 0.25) is 5.95 Å². The number of hydrogen-bond acceptors (Lipinski definition) is 5. The first-order valence-corrected chi connectivity index (χ1v) is 5.78. The molecule has 6 nitrogen and oxygen atoms in total. The normalized spacial score (nSPS) is 13.1. The lowest BCUT2D eigenvalue weighted by Gasteiger charge is -2.14. The molecule has 2 heterocycles. The van der Waals surface area contributed by atoms with Crippen LogP contribution in [0.4, 0.5) is 5.95 Å². The number of nitrogen functional groups attached to an aromatic ring is 1. The number of aromatic nitrogens is 4. The number of nitrogens with zero attached hydrogens (tertiary/aromatic N) is 4. The maximum absolute atomic E-state index is 8.98. The lowest BCUT2D eigenvalue weighted by molar-refractivity contribution is 0.244. The molecule has 0 radical (unpaired) electrons. The Morgan fingerprint density at radius 1 is 1.47 bits per heavy atom. The third kappa shape index (κ3) is 2.52. The number of anilines is 1. The molecular weight excluding hydrogens is 218 g/mol. The highest BCUT2D eigenvalue weighted by atomic mass is 16.3. The van der Waals surface area contributed by atoms with Gasteiger partial charge in [-0.25, -0.2) is 9.97 Å². The summed E-state index contributed by atoms with van der Waals surface area (Å²) in [4.78, 5) is 12.3. The number of aliphatic hydroxyl groups excluding tert-OH is 1. The van der Waals surface area contributed by atoms with Crippen molar-refractivity contribution in [3.8, 4) is 0 Å². The molecule has 0 fully saturated rings. The van der Waals surface area contributed by atoms with Crippen LogP contribution in [0.15, 0.2) is 12.5 Å². The highest BCUT2D eigenvalue weighted by Crippen LogP contribution is 2.15. The van der Waals surface area contributed by atoms with Crippen LogP contribution in [0.1, 0.15) is 19.8 Å². The van der Waals surface area contributed by atoms with Gasteiger partial charge in [-0.3, -0.25) is 0 Å². The summed E-state index contributed by atoms with van der Waals surface area (Å²) < 4.78 is 1.97. The second-order valence-corrected chi connectivity index (χ2v) is 4.12. The molecule has 2 rings (SSSR count). The molecule has 1 atom stereocenters. The molecule has 2 aromatic rings. The lowest BCUT2D eigenvalue weighted by Crippen LogP contribution is -2.11. The topological polar surface area (TPSA) is 89.8 Å². The van der Waals surface area contributed by atoms with Crippen molar-refractivity contribution in [3.63, 3.8) is 0 Å². The maximum Gasteiger partial charge on any atom is 0.222 e. The van der Waals surface area contributed by atoms with Gasteiger partial charge in [0.15, 0.2) is 5.65 Å². The zero-order valence-electron chi connectivity index (χ0n) is 9.87. The van der Waals surface area contributed by atoms with Gasteiger partial charge in [-0.05, 0) is 12.3 Å². The fourth-order valence-corrected chi connectivity index (χ4v) is 1.89. The van der Waals surface area contributed by atoms with Crippen molar-refractivity contribution in [3.05, 3.63) is 12.5 Å². The van der Waals surface area contributed by atoms with Crippen molar-refractivity contribution in [2.45, 2.75) is 26.3 Å². The first kappa shape index (κ1) is 11.8. The molecular formula is C11H17N5O. The molecule has 0 aliphatic carbocycles. The molecule has 0 aromatic carbocycles. The predicted molar refractivity (Wildman–Crippen MR) is 65.2 cm³/mol. The Hall–Kier alpha value is -1.69. The molecule has 0 saturated carbocycles. The van der Waals surface area contributed by atoms with Gasteiger partial charge in [-0.2, -0.15) is 4.98 Å². The van der Waals surface area contributed by atoms with Crippen molar-refractivity contribution in [2.24, 2.45) is 5.92 Å². The Morgan fingerprint density at radius 2 is 2.29 bits per heavy atom. The standard InChI is InChI=1S/C11H17N5O/c1-2-8(3-4-17)6-16-7-14-9-5-13-11(12)15-10(9)16/h5,7-8,17H,2-4,6H2,1H3,(H2,12,13,15)/t8-/m1/s1. The maximum atomic E-state index is 8.98. The first-order valence-electron chi connectivity index (χ1n) is 5.78. The van der Waals surface area contributed by atoms with Gasteiger partial charge in [0.05, 0.1) is 12.5 Å². The second-order valence-electron chi connectivity index (χ2n) is 4.12. The van der Waals surface area contributed by atoms with Crippen LogP contribution in [-0.4, -0.2) is 31.2 Å². The molecule has 92 valence electrons. The first-order chi connectivity index (χ1) is 8.24. The van der Waals surface area contributed by atoms with Crippen LogP contribution in [0.2, 0.25) is 0 Å². The van der Waals surface area contributed by atoms with Crippen molar-refractivity contribution < 1.29 is 5.11 Å². The summed E-state index contributed by atoms with van der Waals surface area (Å²) in [5.74, 6) is 0.683. The third-order valence-electron chi connectivity index (χ3n) is 2.95. The Balaban J connectivity index is 2.26. The lowest BCUT2D eigenvalue weighted by atomic mass is 10.0. The van der Waals surface area contributed by atoms with Gasteiger partial charge in [-0.15, -0.1) is 0 Å². The van der Waals surface area contributed by atoms with Crippen LogP contribution < -0.4 is 5.73 Å². The third-order valence-corrected chi connectivity index (χ3v) is 2.95. The molecule has 6 heteroatoms. The van der Waals surface area contributed by atoms with Gasteiger partial charge >= 0.3 is 0 Å². The number of hydrogen-bond donors (Lipinski definition) is 2. The summed E-state index contributed by atoms with van der Waals surface area (Å²) >= 11 is 0. The van der Waals surface area contributed by atoms with Crippen LogP contribution in [0.25, 0.3) is 11.2 Å².